The Morgan fingerprint density at radius 2 is 2.04 bits per heavy atom. The van der Waals surface area contributed by atoms with Crippen LogP contribution < -0.4 is 10.6 Å². The molecule has 0 bridgehead atoms. The molecule has 0 unspecified atom stereocenters. The number of phenols is 1. The van der Waals surface area contributed by atoms with Gasteiger partial charge >= 0.3 is 6.03 Å². The summed E-state index contributed by atoms with van der Waals surface area (Å²) in [5.41, 5.74) is 0.264. The van der Waals surface area contributed by atoms with Gasteiger partial charge in [0.15, 0.2) is 0 Å². The molecule has 3 N–H and O–H groups in total. The van der Waals surface area contributed by atoms with Crippen LogP contribution >= 0.6 is 0 Å². The van der Waals surface area contributed by atoms with Gasteiger partial charge in [0.05, 0.1) is 5.69 Å². The highest BCUT2D eigenvalue weighted by Gasteiger charge is 2.52. The second kappa shape index (κ2) is 6.97. The minimum absolute atomic E-state index is 0.0510. The third-order valence-electron chi connectivity index (χ3n) is 5.51. The van der Waals surface area contributed by atoms with E-state index in [1.165, 1.54) is 6.07 Å². The van der Waals surface area contributed by atoms with Gasteiger partial charge < -0.3 is 15.7 Å². The number of hydrogen-bond acceptors (Lipinski definition) is 4. The van der Waals surface area contributed by atoms with Crippen LogP contribution in [-0.2, 0) is 9.59 Å². The predicted molar refractivity (Wildman–Crippen MR) is 96.7 cm³/mol. The number of amides is 4. The van der Waals surface area contributed by atoms with Crippen LogP contribution in [0.3, 0.4) is 0 Å². The largest absolute Gasteiger partial charge is 0.506 e. The van der Waals surface area contributed by atoms with E-state index in [2.05, 4.69) is 17.6 Å². The number of anilines is 1. The van der Waals surface area contributed by atoms with Crippen LogP contribution in [0.4, 0.5) is 10.5 Å². The van der Waals surface area contributed by atoms with Crippen LogP contribution in [0.5, 0.6) is 5.75 Å². The lowest BCUT2D eigenvalue weighted by Crippen LogP contribution is -2.49. The van der Waals surface area contributed by atoms with Crippen molar-refractivity contribution in [2.45, 2.75) is 51.5 Å². The number of nitrogens with one attached hydrogen (secondary N) is 2. The van der Waals surface area contributed by atoms with Gasteiger partial charge in [0.1, 0.15) is 17.8 Å². The number of urea groups is 1. The van der Waals surface area contributed by atoms with Crippen molar-refractivity contribution in [2.24, 2.45) is 5.92 Å². The molecule has 1 aliphatic heterocycles. The standard InChI is InChI=1S/C19H25N3O4/c1-3-13-6-8-19(9-7-13)17(25)22(18(26)21-19)11-16(24)20-14-5-4-12(2)10-15(14)23/h4-5,10,13,23H,3,6-9,11H2,1-2H3,(H,20,24)(H,21,26). The molecule has 7 heteroatoms. The highest BCUT2D eigenvalue weighted by Crippen LogP contribution is 2.37. The van der Waals surface area contributed by atoms with E-state index in [1.54, 1.807) is 12.1 Å². The Labute approximate surface area is 152 Å². The van der Waals surface area contributed by atoms with Crippen molar-refractivity contribution in [3.63, 3.8) is 0 Å². The number of carbonyl (C=O) groups excluding carboxylic acids is 3. The van der Waals surface area contributed by atoms with Crippen molar-refractivity contribution in [1.82, 2.24) is 10.2 Å². The van der Waals surface area contributed by atoms with Gasteiger partial charge in [-0.05, 0) is 56.2 Å². The summed E-state index contributed by atoms with van der Waals surface area (Å²) in [6.45, 7) is 3.59. The van der Waals surface area contributed by atoms with E-state index in [0.717, 1.165) is 29.7 Å². The summed E-state index contributed by atoms with van der Waals surface area (Å²) >= 11 is 0. The Morgan fingerprint density at radius 3 is 2.65 bits per heavy atom. The summed E-state index contributed by atoms with van der Waals surface area (Å²) in [6.07, 6.45) is 4.11. The molecule has 0 atom stereocenters. The van der Waals surface area contributed by atoms with Crippen molar-refractivity contribution < 1.29 is 19.5 Å². The van der Waals surface area contributed by atoms with Crippen LogP contribution in [0.1, 0.15) is 44.6 Å². The molecule has 1 aromatic rings. The SMILES string of the molecule is CCC1CCC2(CC1)NC(=O)N(CC(=O)Nc1ccc(C)cc1O)C2=O. The Kier molecular flexibility index (Phi) is 4.89. The molecule has 2 aliphatic rings. The van der Waals surface area contributed by atoms with Crippen LogP contribution in [0, 0.1) is 12.8 Å². The molecule has 1 saturated carbocycles. The first kappa shape index (κ1) is 18.2. The molecule has 7 nitrogen and oxygen atoms in total. The van der Waals surface area contributed by atoms with Gasteiger partial charge in [0, 0.05) is 0 Å². The first-order valence-corrected chi connectivity index (χ1v) is 9.08. The van der Waals surface area contributed by atoms with Gasteiger partial charge in [0.25, 0.3) is 5.91 Å². The van der Waals surface area contributed by atoms with E-state index in [0.29, 0.717) is 18.8 Å². The summed E-state index contributed by atoms with van der Waals surface area (Å²) in [4.78, 5) is 38.3. The summed E-state index contributed by atoms with van der Waals surface area (Å²) in [7, 11) is 0. The van der Waals surface area contributed by atoms with E-state index in [-0.39, 0.29) is 23.9 Å². The second-order valence-corrected chi connectivity index (χ2v) is 7.32. The lowest BCUT2D eigenvalue weighted by molar-refractivity contribution is -0.135. The van der Waals surface area contributed by atoms with Crippen molar-refractivity contribution in [3.8, 4) is 5.75 Å². The zero-order valence-electron chi connectivity index (χ0n) is 15.2. The number of nitrogens with zero attached hydrogens (tertiary/aromatic N) is 1. The molecule has 0 radical (unpaired) electrons. The van der Waals surface area contributed by atoms with Gasteiger partial charge in [-0.15, -0.1) is 0 Å². The summed E-state index contributed by atoms with van der Waals surface area (Å²) < 4.78 is 0. The zero-order chi connectivity index (χ0) is 18.9. The van der Waals surface area contributed by atoms with Crippen molar-refractivity contribution in [3.05, 3.63) is 23.8 Å². The van der Waals surface area contributed by atoms with Gasteiger partial charge in [-0.2, -0.15) is 0 Å². The molecule has 1 spiro atoms. The van der Waals surface area contributed by atoms with Crippen molar-refractivity contribution in [2.75, 3.05) is 11.9 Å². The number of aromatic hydroxyl groups is 1. The minimum Gasteiger partial charge on any atom is -0.506 e. The molecule has 4 amide bonds. The van der Waals surface area contributed by atoms with Crippen LogP contribution in [0.15, 0.2) is 18.2 Å². The Bertz CT molecular complexity index is 738. The third kappa shape index (κ3) is 3.38. The number of aryl methyl sites for hydroxylation is 1. The first-order valence-electron chi connectivity index (χ1n) is 9.08. The smallest absolute Gasteiger partial charge is 0.325 e. The number of hydrogen-bond donors (Lipinski definition) is 3. The number of benzene rings is 1. The molecule has 140 valence electrons. The highest BCUT2D eigenvalue weighted by molar-refractivity contribution is 6.10. The van der Waals surface area contributed by atoms with Crippen LogP contribution in [0.2, 0.25) is 0 Å². The van der Waals surface area contributed by atoms with Gasteiger partial charge in [-0.1, -0.05) is 19.4 Å². The molecular formula is C19H25N3O4. The molecular weight excluding hydrogens is 334 g/mol. The van der Waals surface area contributed by atoms with E-state index in [1.807, 2.05) is 6.92 Å². The quantitative estimate of drug-likeness (QED) is 0.568. The normalized spacial score (nSPS) is 25.5. The van der Waals surface area contributed by atoms with E-state index in [4.69, 9.17) is 0 Å². The molecule has 3 rings (SSSR count). The van der Waals surface area contributed by atoms with E-state index in [9.17, 15) is 19.5 Å². The molecule has 26 heavy (non-hydrogen) atoms. The van der Waals surface area contributed by atoms with Gasteiger partial charge in [-0.25, -0.2) is 4.79 Å². The molecule has 2 fully saturated rings. The molecule has 1 aromatic carbocycles. The molecule has 1 heterocycles. The fraction of sp³-hybridized carbons (Fsp3) is 0.526. The Balaban J connectivity index is 1.65. The highest BCUT2D eigenvalue weighted by atomic mass is 16.3. The maximum absolute atomic E-state index is 12.8. The van der Waals surface area contributed by atoms with Gasteiger partial charge in [-0.3, -0.25) is 14.5 Å². The van der Waals surface area contributed by atoms with E-state index < -0.39 is 17.5 Å². The Morgan fingerprint density at radius 1 is 1.35 bits per heavy atom. The van der Waals surface area contributed by atoms with Crippen molar-refractivity contribution in [1.29, 1.82) is 0 Å². The lowest BCUT2D eigenvalue weighted by atomic mass is 9.75. The topological polar surface area (TPSA) is 98.7 Å². The predicted octanol–water partition coefficient (Wildman–Crippen LogP) is 2.53. The monoisotopic (exact) mass is 359 g/mol. The average molecular weight is 359 g/mol. The number of imide groups is 1. The van der Waals surface area contributed by atoms with Crippen LogP contribution in [0.25, 0.3) is 0 Å². The van der Waals surface area contributed by atoms with E-state index >= 15 is 0 Å². The first-order chi connectivity index (χ1) is 12.3. The fourth-order valence-corrected chi connectivity index (χ4v) is 3.82. The summed E-state index contributed by atoms with van der Waals surface area (Å²) in [5.74, 6) is -0.302. The number of rotatable bonds is 4. The Hall–Kier alpha value is -2.57. The molecule has 0 aromatic heterocycles. The second-order valence-electron chi connectivity index (χ2n) is 7.32. The number of phenolic OH excluding ortho intramolecular Hbond substituents is 1. The zero-order valence-corrected chi connectivity index (χ0v) is 15.2. The summed E-state index contributed by atoms with van der Waals surface area (Å²) in [5, 5.41) is 15.2. The van der Waals surface area contributed by atoms with Crippen molar-refractivity contribution >= 4 is 23.5 Å². The summed E-state index contributed by atoms with van der Waals surface area (Å²) in [6, 6.07) is 4.35. The maximum Gasteiger partial charge on any atom is 0.325 e. The maximum atomic E-state index is 12.8. The fourth-order valence-electron chi connectivity index (χ4n) is 3.82. The minimum atomic E-state index is -0.852. The van der Waals surface area contributed by atoms with Crippen LogP contribution in [-0.4, -0.2) is 39.9 Å². The number of carbonyl (C=O) groups is 3. The molecule has 1 saturated heterocycles. The average Bonchev–Trinajstić information content (AvgIpc) is 2.82. The molecule has 1 aliphatic carbocycles. The lowest BCUT2D eigenvalue weighted by Gasteiger charge is -2.34. The van der Waals surface area contributed by atoms with Gasteiger partial charge in [0.2, 0.25) is 5.91 Å². The third-order valence-corrected chi connectivity index (χ3v) is 5.51.